The lowest BCUT2D eigenvalue weighted by Gasteiger charge is -2.33. The molecule has 0 aliphatic carbocycles. The number of fused-ring (bicyclic) bond motifs is 1. The molecule has 0 spiro atoms. The van der Waals surface area contributed by atoms with E-state index in [1.54, 1.807) is 6.20 Å². The van der Waals surface area contributed by atoms with Crippen molar-refractivity contribution in [3.8, 4) is 0 Å². The van der Waals surface area contributed by atoms with Crippen molar-refractivity contribution < 1.29 is 14.7 Å². The van der Waals surface area contributed by atoms with E-state index in [2.05, 4.69) is 4.98 Å². The highest BCUT2D eigenvalue weighted by Gasteiger charge is 2.31. The summed E-state index contributed by atoms with van der Waals surface area (Å²) in [5.41, 5.74) is 1.65. The number of nitrogens with zero attached hydrogens (tertiary/aromatic N) is 2. The molecule has 1 atom stereocenters. The van der Waals surface area contributed by atoms with E-state index in [0.717, 1.165) is 29.3 Å². The largest absolute Gasteiger partial charge is 0.480 e. The number of likely N-dealkylation sites (tertiary alicyclic amines) is 1. The molecule has 1 aliphatic heterocycles. The Labute approximate surface area is 128 Å². The summed E-state index contributed by atoms with van der Waals surface area (Å²) < 4.78 is 0. The van der Waals surface area contributed by atoms with Gasteiger partial charge in [-0.25, -0.2) is 4.79 Å². The van der Waals surface area contributed by atoms with Crippen LogP contribution in [0.2, 0.25) is 0 Å². The summed E-state index contributed by atoms with van der Waals surface area (Å²) in [6.45, 7) is 0.522. The Morgan fingerprint density at radius 3 is 2.86 bits per heavy atom. The Morgan fingerprint density at radius 1 is 1.23 bits per heavy atom. The van der Waals surface area contributed by atoms with Crippen molar-refractivity contribution in [2.75, 3.05) is 6.54 Å². The number of aromatic nitrogens is 1. The van der Waals surface area contributed by atoms with Crippen molar-refractivity contribution in [3.63, 3.8) is 0 Å². The van der Waals surface area contributed by atoms with Gasteiger partial charge in [-0.3, -0.25) is 9.78 Å². The maximum absolute atomic E-state index is 12.6. The van der Waals surface area contributed by atoms with Crippen molar-refractivity contribution >= 4 is 22.8 Å². The van der Waals surface area contributed by atoms with Crippen LogP contribution in [-0.4, -0.2) is 39.5 Å². The van der Waals surface area contributed by atoms with Crippen molar-refractivity contribution in [2.24, 2.45) is 0 Å². The number of hydrogen-bond donors (Lipinski definition) is 1. The molecular formula is C17H18N2O3. The van der Waals surface area contributed by atoms with Crippen LogP contribution < -0.4 is 0 Å². The molecule has 114 valence electrons. The van der Waals surface area contributed by atoms with Crippen LogP contribution in [0.15, 0.2) is 36.5 Å². The molecule has 1 aromatic carbocycles. The Hall–Kier alpha value is -2.43. The summed E-state index contributed by atoms with van der Waals surface area (Å²) in [6, 6.07) is 8.86. The van der Waals surface area contributed by atoms with Gasteiger partial charge in [0.05, 0.1) is 11.9 Å². The number of rotatable bonds is 3. The van der Waals surface area contributed by atoms with Gasteiger partial charge in [0.15, 0.2) is 0 Å². The number of carbonyl (C=O) groups is 2. The number of carboxylic acid groups (broad SMARTS) is 1. The molecule has 1 unspecified atom stereocenters. The van der Waals surface area contributed by atoms with Crippen LogP contribution in [0.1, 0.15) is 24.8 Å². The van der Waals surface area contributed by atoms with Crippen molar-refractivity contribution in [2.45, 2.75) is 31.7 Å². The molecule has 1 aliphatic rings. The van der Waals surface area contributed by atoms with E-state index in [9.17, 15) is 14.7 Å². The highest BCUT2D eigenvalue weighted by Crippen LogP contribution is 2.21. The molecule has 3 rings (SSSR count). The lowest BCUT2D eigenvalue weighted by Crippen LogP contribution is -2.48. The molecule has 0 bridgehead atoms. The van der Waals surface area contributed by atoms with Gasteiger partial charge < -0.3 is 10.0 Å². The van der Waals surface area contributed by atoms with E-state index in [1.807, 2.05) is 30.3 Å². The summed E-state index contributed by atoms with van der Waals surface area (Å²) in [5.74, 6) is -1.05. The maximum Gasteiger partial charge on any atom is 0.326 e. The standard InChI is InChI=1S/C17H18N2O3/c20-15(19-10-2-1-8-14(19)17(21)22)11-13-6-3-5-12-7-4-9-18-16(12)13/h3-7,9,14H,1-2,8,10-11H2,(H,21,22). The van der Waals surface area contributed by atoms with Gasteiger partial charge in [-0.2, -0.15) is 0 Å². The van der Waals surface area contributed by atoms with Gasteiger partial charge >= 0.3 is 5.97 Å². The predicted molar refractivity (Wildman–Crippen MR) is 82.4 cm³/mol. The first kappa shape index (κ1) is 14.5. The number of pyridine rings is 1. The average Bonchev–Trinajstić information content (AvgIpc) is 2.55. The fourth-order valence-corrected chi connectivity index (χ4v) is 3.06. The number of carboxylic acids is 1. The Balaban J connectivity index is 1.85. The lowest BCUT2D eigenvalue weighted by molar-refractivity contribution is -0.151. The quantitative estimate of drug-likeness (QED) is 0.943. The normalized spacial score (nSPS) is 18.4. The van der Waals surface area contributed by atoms with Crippen LogP contribution in [0.5, 0.6) is 0 Å². The van der Waals surface area contributed by atoms with Crippen molar-refractivity contribution in [3.05, 3.63) is 42.1 Å². The Kier molecular flexibility index (Phi) is 4.04. The van der Waals surface area contributed by atoms with E-state index >= 15 is 0 Å². The third-order valence-corrected chi connectivity index (χ3v) is 4.17. The van der Waals surface area contributed by atoms with Crippen LogP contribution in [0.25, 0.3) is 10.9 Å². The minimum absolute atomic E-state index is 0.134. The van der Waals surface area contributed by atoms with Gasteiger partial charge in [0, 0.05) is 18.1 Å². The highest BCUT2D eigenvalue weighted by atomic mass is 16.4. The molecule has 1 amide bonds. The number of benzene rings is 1. The SMILES string of the molecule is O=C(O)C1CCCCN1C(=O)Cc1cccc2cccnc12. The topological polar surface area (TPSA) is 70.5 Å². The van der Waals surface area contributed by atoms with E-state index in [1.165, 1.54) is 4.90 Å². The fourth-order valence-electron chi connectivity index (χ4n) is 3.06. The summed E-state index contributed by atoms with van der Waals surface area (Å²) in [6.07, 6.45) is 4.16. The van der Waals surface area contributed by atoms with Gasteiger partial charge in [-0.15, -0.1) is 0 Å². The maximum atomic E-state index is 12.6. The van der Waals surface area contributed by atoms with Gasteiger partial charge in [0.2, 0.25) is 5.91 Å². The highest BCUT2D eigenvalue weighted by molar-refractivity contribution is 5.89. The zero-order valence-corrected chi connectivity index (χ0v) is 12.2. The molecule has 0 radical (unpaired) electrons. The molecule has 1 N–H and O–H groups in total. The number of carbonyl (C=O) groups excluding carboxylic acids is 1. The monoisotopic (exact) mass is 298 g/mol. The molecule has 1 saturated heterocycles. The first-order valence-corrected chi connectivity index (χ1v) is 7.52. The van der Waals surface area contributed by atoms with E-state index in [0.29, 0.717) is 13.0 Å². The molecule has 2 heterocycles. The summed E-state index contributed by atoms with van der Waals surface area (Å²) in [5, 5.41) is 10.3. The number of hydrogen-bond acceptors (Lipinski definition) is 3. The lowest BCUT2D eigenvalue weighted by atomic mass is 10.00. The van der Waals surface area contributed by atoms with Crippen LogP contribution >= 0.6 is 0 Å². The molecule has 1 aromatic heterocycles. The Bertz CT molecular complexity index is 709. The van der Waals surface area contributed by atoms with Crippen LogP contribution in [0.3, 0.4) is 0 Å². The van der Waals surface area contributed by atoms with E-state index < -0.39 is 12.0 Å². The Morgan fingerprint density at radius 2 is 2.05 bits per heavy atom. The smallest absolute Gasteiger partial charge is 0.326 e. The van der Waals surface area contributed by atoms with Gasteiger partial charge in [0.25, 0.3) is 0 Å². The molecule has 22 heavy (non-hydrogen) atoms. The van der Waals surface area contributed by atoms with Gasteiger partial charge in [-0.05, 0) is 30.9 Å². The zero-order chi connectivity index (χ0) is 15.5. The third-order valence-electron chi connectivity index (χ3n) is 4.17. The second-order valence-electron chi connectivity index (χ2n) is 5.61. The molecule has 5 nitrogen and oxygen atoms in total. The van der Waals surface area contributed by atoms with Crippen LogP contribution in [-0.2, 0) is 16.0 Å². The van der Waals surface area contributed by atoms with Crippen LogP contribution in [0.4, 0.5) is 0 Å². The third kappa shape index (κ3) is 2.79. The predicted octanol–water partition coefficient (Wildman–Crippen LogP) is 2.24. The minimum Gasteiger partial charge on any atom is -0.480 e. The van der Waals surface area contributed by atoms with Crippen molar-refractivity contribution in [1.82, 2.24) is 9.88 Å². The molecule has 5 heteroatoms. The number of aliphatic carboxylic acids is 1. The second kappa shape index (κ2) is 6.13. The molecule has 0 saturated carbocycles. The molecular weight excluding hydrogens is 280 g/mol. The zero-order valence-electron chi connectivity index (χ0n) is 12.2. The number of para-hydroxylation sites is 1. The minimum atomic E-state index is -0.913. The molecule has 1 fully saturated rings. The molecule has 2 aromatic rings. The average molecular weight is 298 g/mol. The first-order chi connectivity index (χ1) is 10.7. The van der Waals surface area contributed by atoms with Gasteiger partial charge in [0.1, 0.15) is 6.04 Å². The van der Waals surface area contributed by atoms with E-state index in [4.69, 9.17) is 0 Å². The first-order valence-electron chi connectivity index (χ1n) is 7.52. The van der Waals surface area contributed by atoms with Crippen LogP contribution in [0, 0.1) is 0 Å². The fraction of sp³-hybridized carbons (Fsp3) is 0.353. The number of amides is 1. The van der Waals surface area contributed by atoms with Crippen molar-refractivity contribution in [1.29, 1.82) is 0 Å². The number of piperidine rings is 1. The summed E-state index contributed by atoms with van der Waals surface area (Å²) in [4.78, 5) is 29.7. The van der Waals surface area contributed by atoms with Gasteiger partial charge in [-0.1, -0.05) is 24.3 Å². The summed E-state index contributed by atoms with van der Waals surface area (Å²) in [7, 11) is 0. The van der Waals surface area contributed by atoms with E-state index in [-0.39, 0.29) is 12.3 Å². The summed E-state index contributed by atoms with van der Waals surface area (Å²) >= 11 is 0. The second-order valence-corrected chi connectivity index (χ2v) is 5.61.